The van der Waals surface area contributed by atoms with E-state index in [0.717, 1.165) is 17.6 Å². The molecule has 0 saturated carbocycles. The first-order valence-corrected chi connectivity index (χ1v) is 4.47. The molecule has 0 aliphatic rings. The standard InChI is InChI=1S/C8H10ClP/c9-8-3-1-7(2-4-8)5-6-10/h1-4H,5-6,10H2. The Morgan fingerprint density at radius 2 is 1.80 bits per heavy atom. The van der Waals surface area contributed by atoms with Gasteiger partial charge in [0.05, 0.1) is 0 Å². The minimum absolute atomic E-state index is 0.813. The van der Waals surface area contributed by atoms with Gasteiger partial charge in [-0.15, -0.1) is 9.24 Å². The van der Waals surface area contributed by atoms with E-state index in [1.54, 1.807) is 0 Å². The molecule has 1 unspecified atom stereocenters. The molecule has 0 aliphatic carbocycles. The van der Waals surface area contributed by atoms with E-state index in [1.807, 2.05) is 12.1 Å². The molecule has 0 bridgehead atoms. The van der Waals surface area contributed by atoms with Gasteiger partial charge in [0.15, 0.2) is 0 Å². The van der Waals surface area contributed by atoms with Gasteiger partial charge in [0.25, 0.3) is 0 Å². The van der Waals surface area contributed by atoms with Crippen LogP contribution in [0.25, 0.3) is 0 Å². The van der Waals surface area contributed by atoms with Crippen LogP contribution >= 0.6 is 20.8 Å². The first-order chi connectivity index (χ1) is 4.83. The van der Waals surface area contributed by atoms with Gasteiger partial charge in [-0.1, -0.05) is 23.7 Å². The second-order valence-electron chi connectivity index (χ2n) is 2.17. The predicted octanol–water partition coefficient (Wildman–Crippen LogP) is 2.76. The second-order valence-corrected chi connectivity index (χ2v) is 3.18. The molecule has 0 aliphatic heterocycles. The molecule has 0 amide bonds. The van der Waals surface area contributed by atoms with E-state index in [-0.39, 0.29) is 0 Å². The highest BCUT2D eigenvalue weighted by Crippen LogP contribution is 2.10. The highest BCUT2D eigenvalue weighted by molar-refractivity contribution is 7.16. The van der Waals surface area contributed by atoms with Gasteiger partial charge in [0.2, 0.25) is 0 Å². The Labute approximate surface area is 68.8 Å². The van der Waals surface area contributed by atoms with Crippen molar-refractivity contribution in [2.75, 3.05) is 6.16 Å². The number of rotatable bonds is 2. The smallest absolute Gasteiger partial charge is 0.0406 e. The number of benzene rings is 1. The molecule has 54 valence electrons. The molecule has 0 N–H and O–H groups in total. The van der Waals surface area contributed by atoms with Crippen LogP contribution < -0.4 is 0 Å². The lowest BCUT2D eigenvalue weighted by Crippen LogP contribution is -1.83. The fourth-order valence-electron chi connectivity index (χ4n) is 0.818. The Balaban J connectivity index is 2.69. The molecule has 1 atom stereocenters. The van der Waals surface area contributed by atoms with Crippen LogP contribution in [0.3, 0.4) is 0 Å². The molecule has 0 spiro atoms. The molecule has 10 heavy (non-hydrogen) atoms. The molecule has 0 aromatic heterocycles. The fraction of sp³-hybridized carbons (Fsp3) is 0.250. The predicted molar refractivity (Wildman–Crippen MR) is 49.7 cm³/mol. The van der Waals surface area contributed by atoms with E-state index in [1.165, 1.54) is 5.56 Å². The van der Waals surface area contributed by atoms with Gasteiger partial charge in [0, 0.05) is 5.02 Å². The number of aryl methyl sites for hydroxylation is 1. The Bertz CT molecular complexity index is 193. The Hall–Kier alpha value is -0.0600. The molecule has 1 aromatic carbocycles. The minimum atomic E-state index is 0.813. The quantitative estimate of drug-likeness (QED) is 0.602. The largest absolute Gasteiger partial charge is 0.137 e. The molecule has 0 heterocycles. The summed E-state index contributed by atoms with van der Waals surface area (Å²) in [5, 5.41) is 0.813. The van der Waals surface area contributed by atoms with Gasteiger partial charge in [-0.3, -0.25) is 0 Å². The van der Waals surface area contributed by atoms with Crippen molar-refractivity contribution in [1.82, 2.24) is 0 Å². The Morgan fingerprint density at radius 3 is 2.30 bits per heavy atom. The summed E-state index contributed by atoms with van der Waals surface area (Å²) in [6.07, 6.45) is 2.23. The van der Waals surface area contributed by atoms with Gasteiger partial charge >= 0.3 is 0 Å². The Morgan fingerprint density at radius 1 is 1.20 bits per heavy atom. The zero-order valence-corrected chi connectivity index (χ0v) is 7.59. The van der Waals surface area contributed by atoms with Gasteiger partial charge in [0.1, 0.15) is 0 Å². The SMILES string of the molecule is PCCc1ccc(Cl)cc1. The summed E-state index contributed by atoms with van der Waals surface area (Å²) in [7, 11) is 2.71. The van der Waals surface area contributed by atoms with Crippen molar-refractivity contribution in [3.63, 3.8) is 0 Å². The number of halogens is 1. The summed E-state index contributed by atoms with van der Waals surface area (Å²) in [4.78, 5) is 0. The summed E-state index contributed by atoms with van der Waals surface area (Å²) in [5.74, 6) is 0. The van der Waals surface area contributed by atoms with E-state index >= 15 is 0 Å². The third kappa shape index (κ3) is 2.28. The number of hydrogen-bond acceptors (Lipinski definition) is 0. The van der Waals surface area contributed by atoms with E-state index in [4.69, 9.17) is 11.6 Å². The van der Waals surface area contributed by atoms with Crippen molar-refractivity contribution < 1.29 is 0 Å². The van der Waals surface area contributed by atoms with Crippen molar-refractivity contribution in [1.29, 1.82) is 0 Å². The zero-order chi connectivity index (χ0) is 7.40. The molecular weight excluding hydrogens is 163 g/mol. The first-order valence-electron chi connectivity index (χ1n) is 3.27. The van der Waals surface area contributed by atoms with Crippen LogP contribution in [0.4, 0.5) is 0 Å². The third-order valence-electron chi connectivity index (χ3n) is 1.35. The molecule has 2 heteroatoms. The molecular formula is C8H10ClP. The zero-order valence-electron chi connectivity index (χ0n) is 5.68. The third-order valence-corrected chi connectivity index (χ3v) is 1.89. The highest BCUT2D eigenvalue weighted by Gasteiger charge is 1.89. The van der Waals surface area contributed by atoms with Crippen LogP contribution in [-0.4, -0.2) is 6.16 Å². The fourth-order valence-corrected chi connectivity index (χ4v) is 1.28. The summed E-state index contributed by atoms with van der Waals surface area (Å²) < 4.78 is 0. The maximum atomic E-state index is 5.71. The minimum Gasteiger partial charge on any atom is -0.137 e. The molecule has 1 aromatic rings. The van der Waals surface area contributed by atoms with Crippen LogP contribution in [0.1, 0.15) is 5.56 Å². The van der Waals surface area contributed by atoms with Crippen LogP contribution in [0.15, 0.2) is 24.3 Å². The monoisotopic (exact) mass is 172 g/mol. The molecule has 1 rings (SSSR count). The van der Waals surface area contributed by atoms with Gasteiger partial charge in [-0.05, 0) is 30.3 Å². The lowest BCUT2D eigenvalue weighted by atomic mass is 10.2. The van der Waals surface area contributed by atoms with Crippen LogP contribution in [0, 0.1) is 0 Å². The molecule has 0 radical (unpaired) electrons. The second kappa shape index (κ2) is 3.95. The topological polar surface area (TPSA) is 0 Å². The Kier molecular flexibility index (Phi) is 3.18. The molecule has 0 nitrogen and oxygen atoms in total. The van der Waals surface area contributed by atoms with Crippen molar-refractivity contribution in [2.24, 2.45) is 0 Å². The van der Waals surface area contributed by atoms with Gasteiger partial charge in [-0.2, -0.15) is 0 Å². The molecule has 0 saturated heterocycles. The van der Waals surface area contributed by atoms with E-state index in [2.05, 4.69) is 21.4 Å². The normalized spacial score (nSPS) is 9.80. The highest BCUT2D eigenvalue weighted by atomic mass is 35.5. The maximum absolute atomic E-state index is 5.71. The first kappa shape index (κ1) is 8.04. The van der Waals surface area contributed by atoms with Gasteiger partial charge < -0.3 is 0 Å². The molecule has 0 fully saturated rings. The summed E-state index contributed by atoms with van der Waals surface area (Å²) in [6, 6.07) is 7.98. The van der Waals surface area contributed by atoms with Gasteiger partial charge in [-0.25, -0.2) is 0 Å². The lowest BCUT2D eigenvalue weighted by Gasteiger charge is -1.96. The maximum Gasteiger partial charge on any atom is 0.0406 e. The van der Waals surface area contributed by atoms with E-state index < -0.39 is 0 Å². The number of hydrogen-bond donors (Lipinski definition) is 0. The summed E-state index contributed by atoms with van der Waals surface area (Å²) in [5.41, 5.74) is 1.35. The van der Waals surface area contributed by atoms with Crippen LogP contribution in [0.5, 0.6) is 0 Å². The summed E-state index contributed by atoms with van der Waals surface area (Å²) in [6.45, 7) is 0. The van der Waals surface area contributed by atoms with Crippen molar-refractivity contribution in [3.8, 4) is 0 Å². The lowest BCUT2D eigenvalue weighted by molar-refractivity contribution is 1.16. The van der Waals surface area contributed by atoms with E-state index in [0.29, 0.717) is 0 Å². The van der Waals surface area contributed by atoms with Crippen molar-refractivity contribution >= 4 is 20.8 Å². The van der Waals surface area contributed by atoms with Crippen molar-refractivity contribution in [3.05, 3.63) is 34.9 Å². The average Bonchev–Trinajstić information content (AvgIpc) is 1.95. The van der Waals surface area contributed by atoms with E-state index in [9.17, 15) is 0 Å². The van der Waals surface area contributed by atoms with Crippen molar-refractivity contribution in [2.45, 2.75) is 6.42 Å². The van der Waals surface area contributed by atoms with Crippen LogP contribution in [0.2, 0.25) is 5.02 Å². The van der Waals surface area contributed by atoms with Crippen LogP contribution in [-0.2, 0) is 6.42 Å². The summed E-state index contributed by atoms with van der Waals surface area (Å²) >= 11 is 5.71. The average molecular weight is 173 g/mol.